The van der Waals surface area contributed by atoms with E-state index in [2.05, 4.69) is 26.8 Å². The van der Waals surface area contributed by atoms with Gasteiger partial charge in [0.2, 0.25) is 0 Å². The monoisotopic (exact) mass is 304 g/mol. The predicted octanol–water partition coefficient (Wildman–Crippen LogP) is 2.77. The minimum absolute atomic E-state index is 0.0392. The third-order valence-electron chi connectivity index (χ3n) is 4.46. The van der Waals surface area contributed by atoms with E-state index in [9.17, 15) is 4.79 Å². The average molecular weight is 304 g/mol. The summed E-state index contributed by atoms with van der Waals surface area (Å²) in [5.41, 5.74) is 7.04. The molecule has 22 heavy (non-hydrogen) atoms. The lowest BCUT2D eigenvalue weighted by Gasteiger charge is -2.37. The molecule has 4 heteroatoms. The van der Waals surface area contributed by atoms with Gasteiger partial charge in [0.25, 0.3) is 5.91 Å². The maximum atomic E-state index is 12.4. The van der Waals surface area contributed by atoms with E-state index in [-0.39, 0.29) is 18.6 Å². The Morgan fingerprint density at radius 3 is 2.91 bits per heavy atom. The first-order valence-corrected chi connectivity index (χ1v) is 8.23. The van der Waals surface area contributed by atoms with Crippen molar-refractivity contribution in [2.45, 2.75) is 45.6 Å². The molecular formula is C18H28N2O2. The number of carbonyl (C=O) groups is 1. The molecule has 0 bridgehead atoms. The van der Waals surface area contributed by atoms with Crippen LogP contribution >= 0.6 is 0 Å². The van der Waals surface area contributed by atoms with Crippen molar-refractivity contribution in [1.82, 2.24) is 4.90 Å². The Hall–Kier alpha value is -1.55. The van der Waals surface area contributed by atoms with Gasteiger partial charge in [-0.15, -0.1) is 0 Å². The van der Waals surface area contributed by atoms with Crippen LogP contribution in [0.1, 0.15) is 45.1 Å². The van der Waals surface area contributed by atoms with E-state index in [0.717, 1.165) is 25.1 Å². The summed E-state index contributed by atoms with van der Waals surface area (Å²) in [4.78, 5) is 14.3. The van der Waals surface area contributed by atoms with Crippen molar-refractivity contribution in [3.05, 3.63) is 29.8 Å². The Labute approximate surface area is 133 Å². The molecule has 1 saturated heterocycles. The van der Waals surface area contributed by atoms with Crippen molar-refractivity contribution >= 4 is 5.91 Å². The molecule has 0 aliphatic carbocycles. The molecule has 0 aromatic heterocycles. The average Bonchev–Trinajstić information content (AvgIpc) is 2.52. The quantitative estimate of drug-likeness (QED) is 0.910. The van der Waals surface area contributed by atoms with Gasteiger partial charge in [-0.2, -0.15) is 0 Å². The SMILES string of the molecule is CC1CCN(C(=O)COc2cccc(C(C)C)c2)C(CN)C1. The molecule has 0 radical (unpaired) electrons. The van der Waals surface area contributed by atoms with Crippen molar-refractivity contribution in [2.75, 3.05) is 19.7 Å². The topological polar surface area (TPSA) is 55.6 Å². The maximum Gasteiger partial charge on any atom is 0.260 e. The second kappa shape index (κ2) is 7.63. The van der Waals surface area contributed by atoms with Crippen molar-refractivity contribution in [2.24, 2.45) is 11.7 Å². The van der Waals surface area contributed by atoms with Crippen LogP contribution in [0.2, 0.25) is 0 Å². The zero-order chi connectivity index (χ0) is 16.1. The summed E-state index contributed by atoms with van der Waals surface area (Å²) in [7, 11) is 0. The smallest absolute Gasteiger partial charge is 0.260 e. The molecule has 1 aromatic rings. The van der Waals surface area contributed by atoms with Gasteiger partial charge in [-0.05, 0) is 42.4 Å². The van der Waals surface area contributed by atoms with Crippen LogP contribution in [-0.4, -0.2) is 36.5 Å². The maximum absolute atomic E-state index is 12.4. The molecule has 1 aliphatic heterocycles. The highest BCUT2D eigenvalue weighted by atomic mass is 16.5. The van der Waals surface area contributed by atoms with E-state index in [0.29, 0.717) is 18.4 Å². The van der Waals surface area contributed by atoms with Crippen molar-refractivity contribution < 1.29 is 9.53 Å². The van der Waals surface area contributed by atoms with E-state index in [4.69, 9.17) is 10.5 Å². The van der Waals surface area contributed by atoms with Gasteiger partial charge < -0.3 is 15.4 Å². The van der Waals surface area contributed by atoms with Gasteiger partial charge in [-0.3, -0.25) is 4.79 Å². The predicted molar refractivity (Wildman–Crippen MR) is 89.0 cm³/mol. The fourth-order valence-electron chi connectivity index (χ4n) is 2.99. The molecule has 0 saturated carbocycles. The fourth-order valence-corrected chi connectivity index (χ4v) is 2.99. The number of likely N-dealkylation sites (tertiary alicyclic amines) is 1. The summed E-state index contributed by atoms with van der Waals surface area (Å²) in [5.74, 6) is 1.89. The number of ether oxygens (including phenoxy) is 1. The number of carbonyl (C=O) groups excluding carboxylic acids is 1. The van der Waals surface area contributed by atoms with Crippen LogP contribution in [0.3, 0.4) is 0 Å². The molecule has 122 valence electrons. The third-order valence-corrected chi connectivity index (χ3v) is 4.46. The molecular weight excluding hydrogens is 276 g/mol. The van der Waals surface area contributed by atoms with Crippen LogP contribution in [0.4, 0.5) is 0 Å². The zero-order valence-electron chi connectivity index (χ0n) is 13.9. The van der Waals surface area contributed by atoms with E-state index >= 15 is 0 Å². The molecule has 2 unspecified atom stereocenters. The number of hydrogen-bond donors (Lipinski definition) is 1. The lowest BCUT2D eigenvalue weighted by Crippen LogP contribution is -2.50. The number of hydrogen-bond acceptors (Lipinski definition) is 3. The molecule has 1 fully saturated rings. The van der Waals surface area contributed by atoms with Crippen LogP contribution in [0.25, 0.3) is 0 Å². The first-order chi connectivity index (χ1) is 10.5. The van der Waals surface area contributed by atoms with Gasteiger partial charge in [0, 0.05) is 19.1 Å². The van der Waals surface area contributed by atoms with Crippen molar-refractivity contribution in [3.63, 3.8) is 0 Å². The summed E-state index contributed by atoms with van der Waals surface area (Å²) >= 11 is 0. The largest absolute Gasteiger partial charge is 0.484 e. The Kier molecular flexibility index (Phi) is 5.83. The molecule has 1 heterocycles. The molecule has 2 rings (SSSR count). The first-order valence-electron chi connectivity index (χ1n) is 8.23. The van der Waals surface area contributed by atoms with Gasteiger partial charge in [0.1, 0.15) is 5.75 Å². The minimum atomic E-state index is 0.0392. The van der Waals surface area contributed by atoms with Crippen molar-refractivity contribution in [3.8, 4) is 5.75 Å². The van der Waals surface area contributed by atoms with Crippen LogP contribution in [-0.2, 0) is 4.79 Å². The Morgan fingerprint density at radius 2 is 2.23 bits per heavy atom. The van der Waals surface area contributed by atoms with E-state index < -0.39 is 0 Å². The second-order valence-corrected chi connectivity index (χ2v) is 6.62. The summed E-state index contributed by atoms with van der Waals surface area (Å²) in [5, 5.41) is 0. The Morgan fingerprint density at radius 1 is 1.45 bits per heavy atom. The van der Waals surface area contributed by atoms with Crippen LogP contribution < -0.4 is 10.5 Å². The molecule has 1 amide bonds. The number of nitrogens with zero attached hydrogens (tertiary/aromatic N) is 1. The molecule has 1 aromatic carbocycles. The third kappa shape index (κ3) is 4.23. The number of amides is 1. The number of nitrogens with two attached hydrogens (primary N) is 1. The van der Waals surface area contributed by atoms with E-state index in [1.807, 2.05) is 23.1 Å². The van der Waals surface area contributed by atoms with E-state index in [1.54, 1.807) is 0 Å². The standard InChI is InChI=1S/C18H28N2O2/c1-13(2)15-5-4-6-17(10-15)22-12-18(21)20-8-7-14(3)9-16(20)11-19/h4-6,10,13-14,16H,7-9,11-12,19H2,1-3H3. The van der Waals surface area contributed by atoms with Gasteiger partial charge in [-0.1, -0.05) is 32.9 Å². The highest BCUT2D eigenvalue weighted by molar-refractivity contribution is 5.78. The Bertz CT molecular complexity index is 502. The van der Waals surface area contributed by atoms with Crippen LogP contribution in [0, 0.1) is 5.92 Å². The lowest BCUT2D eigenvalue weighted by molar-refractivity contribution is -0.137. The van der Waals surface area contributed by atoms with Crippen molar-refractivity contribution in [1.29, 1.82) is 0 Å². The van der Waals surface area contributed by atoms with Gasteiger partial charge in [0.15, 0.2) is 6.61 Å². The zero-order valence-corrected chi connectivity index (χ0v) is 13.9. The van der Waals surface area contributed by atoms with Crippen LogP contribution in [0.15, 0.2) is 24.3 Å². The highest BCUT2D eigenvalue weighted by Gasteiger charge is 2.28. The Balaban J connectivity index is 1.93. The number of piperidine rings is 1. The molecule has 2 atom stereocenters. The normalized spacial score (nSPS) is 22.0. The summed E-state index contributed by atoms with van der Waals surface area (Å²) < 4.78 is 5.70. The summed E-state index contributed by atoms with van der Waals surface area (Å²) in [6.45, 7) is 7.91. The number of rotatable bonds is 5. The van der Waals surface area contributed by atoms with Crippen LogP contribution in [0.5, 0.6) is 5.75 Å². The minimum Gasteiger partial charge on any atom is -0.484 e. The van der Waals surface area contributed by atoms with Gasteiger partial charge in [0.05, 0.1) is 0 Å². The molecule has 2 N–H and O–H groups in total. The molecule has 4 nitrogen and oxygen atoms in total. The molecule has 1 aliphatic rings. The highest BCUT2D eigenvalue weighted by Crippen LogP contribution is 2.23. The second-order valence-electron chi connectivity index (χ2n) is 6.62. The summed E-state index contributed by atoms with van der Waals surface area (Å²) in [6, 6.07) is 8.12. The van der Waals surface area contributed by atoms with Gasteiger partial charge >= 0.3 is 0 Å². The summed E-state index contributed by atoms with van der Waals surface area (Å²) in [6.07, 6.45) is 2.04. The fraction of sp³-hybridized carbons (Fsp3) is 0.611. The van der Waals surface area contributed by atoms with Gasteiger partial charge in [-0.25, -0.2) is 0 Å². The number of benzene rings is 1. The molecule has 0 spiro atoms. The lowest BCUT2D eigenvalue weighted by atomic mass is 9.92. The first kappa shape index (κ1) is 16.8. The van der Waals surface area contributed by atoms with E-state index in [1.165, 1.54) is 5.56 Å².